The minimum atomic E-state index is -0.545. The van der Waals surface area contributed by atoms with E-state index in [9.17, 15) is 9.59 Å². The molecule has 1 atom stereocenters. The number of fused-ring (bicyclic) bond motifs is 3. The van der Waals surface area contributed by atoms with E-state index in [1.54, 1.807) is 13.2 Å². The molecule has 0 radical (unpaired) electrons. The molecule has 0 bridgehead atoms. The Bertz CT molecular complexity index is 1260. The van der Waals surface area contributed by atoms with E-state index in [0.717, 1.165) is 10.9 Å². The molecule has 28 heavy (non-hydrogen) atoms. The third kappa shape index (κ3) is 2.90. The number of methoxy groups -OCH3 is 1. The summed E-state index contributed by atoms with van der Waals surface area (Å²) in [7, 11) is 1.58. The van der Waals surface area contributed by atoms with Crippen molar-refractivity contribution in [3.05, 3.63) is 70.6 Å². The number of nitrogens with zero attached hydrogens (tertiary/aromatic N) is 3. The molecule has 0 fully saturated rings. The number of aryl methyl sites for hydroxylation is 1. The third-order valence-corrected chi connectivity index (χ3v) is 4.77. The fourth-order valence-corrected chi connectivity index (χ4v) is 3.45. The van der Waals surface area contributed by atoms with Gasteiger partial charge in [0.15, 0.2) is 5.65 Å². The van der Waals surface area contributed by atoms with Crippen LogP contribution in [0.3, 0.4) is 0 Å². The fourth-order valence-electron chi connectivity index (χ4n) is 3.45. The van der Waals surface area contributed by atoms with Crippen LogP contribution in [0.2, 0.25) is 0 Å². The first-order valence-electron chi connectivity index (χ1n) is 8.94. The van der Waals surface area contributed by atoms with Gasteiger partial charge in [0, 0.05) is 28.9 Å². The van der Waals surface area contributed by atoms with Crippen molar-refractivity contribution in [1.29, 1.82) is 0 Å². The van der Waals surface area contributed by atoms with Gasteiger partial charge in [0.2, 0.25) is 5.91 Å². The standard InChI is InChI=1S/C21H20N4O3/c1-13-11-19(26)23-20-17-9-4-5-10-18(17)25(24(13)20)14(2)21(27)22-15-7-6-8-16(12-15)28-3/h4-12,14H,1-3H3,(H,22,27). The zero-order valence-corrected chi connectivity index (χ0v) is 15.8. The zero-order chi connectivity index (χ0) is 19.8. The monoisotopic (exact) mass is 376 g/mol. The Labute approximate surface area is 161 Å². The molecule has 2 heterocycles. The number of hydrogen-bond donors (Lipinski definition) is 1. The molecular formula is C21H20N4O3. The highest BCUT2D eigenvalue weighted by Crippen LogP contribution is 2.26. The molecular weight excluding hydrogens is 356 g/mol. The van der Waals surface area contributed by atoms with E-state index in [4.69, 9.17) is 4.74 Å². The number of anilines is 1. The van der Waals surface area contributed by atoms with E-state index in [-0.39, 0.29) is 11.5 Å². The first kappa shape index (κ1) is 17.8. The van der Waals surface area contributed by atoms with Gasteiger partial charge in [-0.15, -0.1) is 0 Å². The van der Waals surface area contributed by atoms with Crippen molar-refractivity contribution >= 4 is 28.1 Å². The molecule has 1 unspecified atom stereocenters. The summed E-state index contributed by atoms with van der Waals surface area (Å²) in [4.78, 5) is 29.1. The van der Waals surface area contributed by atoms with Gasteiger partial charge in [-0.1, -0.05) is 18.2 Å². The summed E-state index contributed by atoms with van der Waals surface area (Å²) in [5, 5.41) is 3.75. The zero-order valence-electron chi connectivity index (χ0n) is 15.8. The Morgan fingerprint density at radius 2 is 1.93 bits per heavy atom. The van der Waals surface area contributed by atoms with Crippen LogP contribution in [-0.2, 0) is 4.79 Å². The fraction of sp³-hybridized carbons (Fsp3) is 0.190. The van der Waals surface area contributed by atoms with Gasteiger partial charge < -0.3 is 10.1 Å². The number of carbonyl (C=O) groups is 1. The molecule has 0 saturated carbocycles. The first-order chi connectivity index (χ1) is 13.5. The van der Waals surface area contributed by atoms with Crippen LogP contribution >= 0.6 is 0 Å². The molecule has 1 amide bonds. The lowest BCUT2D eigenvalue weighted by atomic mass is 10.2. The molecule has 7 nitrogen and oxygen atoms in total. The number of rotatable bonds is 4. The summed E-state index contributed by atoms with van der Waals surface area (Å²) in [6, 6.07) is 15.7. The number of hydrogen-bond acceptors (Lipinski definition) is 4. The molecule has 2 aromatic carbocycles. The number of nitrogens with one attached hydrogen (secondary N) is 1. The number of ether oxygens (including phenoxy) is 1. The number of amides is 1. The molecule has 0 spiro atoms. The van der Waals surface area contributed by atoms with Gasteiger partial charge in [-0.25, -0.2) is 4.52 Å². The smallest absolute Gasteiger partial charge is 0.273 e. The molecule has 7 heteroatoms. The first-order valence-corrected chi connectivity index (χ1v) is 8.94. The number of aromatic nitrogens is 3. The summed E-state index contributed by atoms with van der Waals surface area (Å²) in [6.45, 7) is 3.65. The lowest BCUT2D eigenvalue weighted by molar-refractivity contribution is -0.119. The van der Waals surface area contributed by atoms with Gasteiger partial charge >= 0.3 is 0 Å². The van der Waals surface area contributed by atoms with Gasteiger partial charge in [0.1, 0.15) is 11.8 Å². The van der Waals surface area contributed by atoms with E-state index in [1.807, 2.05) is 65.5 Å². The largest absolute Gasteiger partial charge is 0.497 e. The van der Waals surface area contributed by atoms with Crippen LogP contribution in [0.15, 0.2) is 59.4 Å². The summed E-state index contributed by atoms with van der Waals surface area (Å²) < 4.78 is 8.90. The summed E-state index contributed by atoms with van der Waals surface area (Å²) >= 11 is 0. The lowest BCUT2D eigenvalue weighted by Crippen LogP contribution is -2.27. The lowest BCUT2D eigenvalue weighted by Gasteiger charge is -2.18. The highest BCUT2D eigenvalue weighted by Gasteiger charge is 2.22. The highest BCUT2D eigenvalue weighted by molar-refractivity contribution is 5.97. The molecule has 142 valence electrons. The van der Waals surface area contributed by atoms with Crippen molar-refractivity contribution < 1.29 is 9.53 Å². The van der Waals surface area contributed by atoms with Crippen molar-refractivity contribution in [2.24, 2.45) is 0 Å². The second kappa shape index (κ2) is 6.84. The SMILES string of the molecule is COc1cccc(NC(=O)C(C)n2c3ccccc3c3nc(=O)cc(C)n32)c1. The number of benzene rings is 2. The molecule has 1 N–H and O–H groups in total. The summed E-state index contributed by atoms with van der Waals surface area (Å²) in [5.74, 6) is 0.480. The summed E-state index contributed by atoms with van der Waals surface area (Å²) in [5.41, 5.74) is 2.44. The van der Waals surface area contributed by atoms with Crippen LogP contribution in [-0.4, -0.2) is 27.2 Å². The Morgan fingerprint density at radius 3 is 2.71 bits per heavy atom. The van der Waals surface area contributed by atoms with E-state index in [0.29, 0.717) is 22.8 Å². The topological polar surface area (TPSA) is 77.6 Å². The Balaban J connectivity index is 1.83. The van der Waals surface area contributed by atoms with E-state index in [1.165, 1.54) is 6.07 Å². The molecule has 0 aliphatic heterocycles. The number of carbonyl (C=O) groups excluding carboxylic acids is 1. The van der Waals surface area contributed by atoms with Crippen LogP contribution in [0.4, 0.5) is 5.69 Å². The molecule has 0 aliphatic rings. The second-order valence-electron chi connectivity index (χ2n) is 6.63. The Hall–Kier alpha value is -3.61. The van der Waals surface area contributed by atoms with Crippen LogP contribution < -0.4 is 15.6 Å². The van der Waals surface area contributed by atoms with Crippen molar-refractivity contribution in [2.75, 3.05) is 12.4 Å². The predicted molar refractivity (Wildman–Crippen MR) is 108 cm³/mol. The molecule has 2 aromatic heterocycles. The highest BCUT2D eigenvalue weighted by atomic mass is 16.5. The maximum atomic E-state index is 13.0. The normalized spacial score (nSPS) is 12.2. The van der Waals surface area contributed by atoms with Crippen molar-refractivity contribution in [3.8, 4) is 5.75 Å². The summed E-state index contributed by atoms with van der Waals surface area (Å²) in [6.07, 6.45) is 0. The van der Waals surface area contributed by atoms with Crippen LogP contribution in [0.25, 0.3) is 16.6 Å². The van der Waals surface area contributed by atoms with Crippen molar-refractivity contribution in [1.82, 2.24) is 14.2 Å². The van der Waals surface area contributed by atoms with Crippen LogP contribution in [0.1, 0.15) is 18.7 Å². The number of para-hydroxylation sites is 1. The molecule has 4 aromatic rings. The molecule has 0 saturated heterocycles. The predicted octanol–water partition coefficient (Wildman–Crippen LogP) is 3.17. The van der Waals surface area contributed by atoms with E-state index >= 15 is 0 Å². The Morgan fingerprint density at radius 1 is 1.14 bits per heavy atom. The van der Waals surface area contributed by atoms with Crippen LogP contribution in [0.5, 0.6) is 5.75 Å². The Kier molecular flexibility index (Phi) is 4.35. The van der Waals surface area contributed by atoms with Crippen molar-refractivity contribution in [3.63, 3.8) is 0 Å². The van der Waals surface area contributed by atoms with Crippen LogP contribution in [0, 0.1) is 6.92 Å². The minimum Gasteiger partial charge on any atom is -0.497 e. The van der Waals surface area contributed by atoms with E-state index in [2.05, 4.69) is 10.3 Å². The minimum absolute atomic E-state index is 0.186. The average Bonchev–Trinajstić information content (AvgIpc) is 3.02. The van der Waals surface area contributed by atoms with Gasteiger partial charge in [0.05, 0.1) is 12.6 Å². The van der Waals surface area contributed by atoms with Gasteiger partial charge in [-0.2, -0.15) is 4.98 Å². The van der Waals surface area contributed by atoms with Gasteiger partial charge in [-0.3, -0.25) is 14.3 Å². The van der Waals surface area contributed by atoms with Crippen molar-refractivity contribution in [2.45, 2.75) is 19.9 Å². The van der Waals surface area contributed by atoms with Gasteiger partial charge in [0.25, 0.3) is 5.56 Å². The molecule has 4 rings (SSSR count). The van der Waals surface area contributed by atoms with E-state index < -0.39 is 6.04 Å². The quantitative estimate of drug-likeness (QED) is 0.593. The van der Waals surface area contributed by atoms with Gasteiger partial charge in [-0.05, 0) is 38.1 Å². The molecule has 0 aliphatic carbocycles. The second-order valence-corrected chi connectivity index (χ2v) is 6.63. The maximum absolute atomic E-state index is 13.0. The average molecular weight is 376 g/mol. The third-order valence-electron chi connectivity index (χ3n) is 4.77. The maximum Gasteiger partial charge on any atom is 0.273 e.